The fraction of sp³-hybridized carbons (Fsp3) is 0.667. The van der Waals surface area contributed by atoms with Gasteiger partial charge in [0.1, 0.15) is 0 Å². The van der Waals surface area contributed by atoms with Crippen molar-refractivity contribution in [2.24, 2.45) is 0 Å². The van der Waals surface area contributed by atoms with Gasteiger partial charge in [0.15, 0.2) is 0 Å². The van der Waals surface area contributed by atoms with Gasteiger partial charge in [0.2, 0.25) is 0 Å². The van der Waals surface area contributed by atoms with Crippen molar-refractivity contribution < 1.29 is 4.74 Å². The van der Waals surface area contributed by atoms with Gasteiger partial charge in [-0.15, -0.1) is 0 Å². The van der Waals surface area contributed by atoms with E-state index in [1.54, 1.807) is 0 Å². The summed E-state index contributed by atoms with van der Waals surface area (Å²) in [5.41, 5.74) is 0. The first-order valence-corrected chi connectivity index (χ1v) is 3.42. The zero-order chi connectivity index (χ0) is 6.41. The van der Waals surface area contributed by atoms with E-state index in [1.807, 2.05) is 0 Å². The van der Waals surface area contributed by atoms with Crippen LogP contribution in [0.15, 0.2) is 0 Å². The highest BCUT2D eigenvalue weighted by Crippen LogP contribution is 1.87. The monoisotopic (exact) mass is 164 g/mol. The van der Waals surface area contributed by atoms with Crippen molar-refractivity contribution in [1.82, 2.24) is 0 Å². The molecule has 0 radical (unpaired) electrons. The lowest BCUT2D eigenvalue weighted by molar-refractivity contribution is 0.313. The first kappa shape index (κ1) is 11.7. The summed E-state index contributed by atoms with van der Waals surface area (Å²) in [5, 5.41) is 0. The second-order valence-electron chi connectivity index (χ2n) is 1.45. The third kappa shape index (κ3) is 11.5. The van der Waals surface area contributed by atoms with Crippen molar-refractivity contribution >= 4 is 29.2 Å². The largest absolute Gasteiger partial charge is 0.514 e. The summed E-state index contributed by atoms with van der Waals surface area (Å²) >= 11 is 9.00. The van der Waals surface area contributed by atoms with Crippen LogP contribution in [0.5, 0.6) is 0 Å². The Hall–Kier alpha value is -0.0200. The molecule has 0 aromatic heterocycles. The lowest BCUT2D eigenvalue weighted by Gasteiger charge is -2.06. The van der Waals surface area contributed by atoms with E-state index in [1.165, 1.54) is 0 Å². The highest BCUT2D eigenvalue weighted by atomic mass is 32.1. The van der Waals surface area contributed by atoms with E-state index in [9.17, 15) is 0 Å². The normalized spacial score (nSPS) is 7.67. The molecule has 3 heteroatoms. The van der Waals surface area contributed by atoms with E-state index in [4.69, 9.17) is 4.74 Å². The quantitative estimate of drug-likeness (QED) is 0.273. The minimum atomic E-state index is 0. The van der Waals surface area contributed by atoms with Crippen LogP contribution < -0.4 is 0 Å². The molecule has 0 unspecified atom stereocenters. The van der Waals surface area contributed by atoms with Crippen molar-refractivity contribution in [2.75, 3.05) is 6.61 Å². The van der Waals surface area contributed by atoms with Crippen LogP contribution in [0, 0.1) is 7.43 Å². The molecule has 0 aromatic carbocycles. The molecule has 0 amide bonds. The molecule has 0 saturated carbocycles. The molecule has 9 heavy (non-hydrogen) atoms. The first-order valence-electron chi connectivity index (χ1n) is 2.61. The Morgan fingerprint density at radius 3 is 2.56 bits per heavy atom. The molecule has 0 saturated heterocycles. The topological polar surface area (TPSA) is 9.23 Å². The average Bonchev–Trinajstić information content (AvgIpc) is 1.66. The highest BCUT2D eigenvalue weighted by Gasteiger charge is 1.79. The van der Waals surface area contributed by atoms with E-state index in [0.29, 0.717) is 6.61 Å². The summed E-state index contributed by atoms with van der Waals surface area (Å²) in [6, 6.07) is 0. The van der Waals surface area contributed by atoms with Crippen molar-refractivity contribution in [1.29, 1.82) is 0 Å². The van der Waals surface area contributed by atoms with Gasteiger partial charge in [-0.05, 0) is 6.42 Å². The molecule has 0 aromatic rings. The van der Waals surface area contributed by atoms with Gasteiger partial charge in [0, 0.05) is 11.8 Å². The van der Waals surface area contributed by atoms with Crippen LogP contribution in [0.25, 0.3) is 0 Å². The Morgan fingerprint density at radius 1 is 1.67 bits per heavy atom. The fourth-order valence-corrected chi connectivity index (χ4v) is 0.467. The van der Waals surface area contributed by atoms with Crippen LogP contribution >= 0.6 is 12.2 Å². The summed E-state index contributed by atoms with van der Waals surface area (Å²) in [4.78, 5) is 0. The SMILES string of the molecule is CCCCOC(=S)[S-].[CH3+]. The maximum atomic E-state index is 4.83. The standard InChI is InChI=1S/C5H10OS2.CH3/c1-2-3-4-6-5(7)8;/h2-4H2,1H3,(H,7,8);1H3/q;+1/p-1. The maximum absolute atomic E-state index is 4.83. The Labute approximate surface area is 68.2 Å². The lowest BCUT2D eigenvalue weighted by atomic mass is 10.4. The molecule has 0 heterocycles. The molecular formula is C6H12OS2. The maximum Gasteiger partial charge on any atom is 0.0858 e. The van der Waals surface area contributed by atoms with Gasteiger partial charge in [-0.3, -0.25) is 0 Å². The number of unbranched alkanes of at least 4 members (excludes halogenated alkanes) is 1. The number of thiocarbonyl (C=S) groups is 1. The van der Waals surface area contributed by atoms with Gasteiger partial charge in [-0.2, -0.15) is 0 Å². The Bertz CT molecular complexity index is 73.5. The van der Waals surface area contributed by atoms with E-state index < -0.39 is 0 Å². The second-order valence-corrected chi connectivity index (χ2v) is 2.45. The van der Waals surface area contributed by atoms with Gasteiger partial charge in [0.25, 0.3) is 0 Å². The molecule has 0 atom stereocenters. The van der Waals surface area contributed by atoms with Gasteiger partial charge in [0.05, 0.1) is 6.61 Å². The zero-order valence-electron chi connectivity index (χ0n) is 5.85. The number of rotatable bonds is 3. The minimum absolute atomic E-state index is 0. The summed E-state index contributed by atoms with van der Waals surface area (Å²) < 4.78 is 5.06. The van der Waals surface area contributed by atoms with Crippen molar-refractivity contribution in [3.63, 3.8) is 0 Å². The van der Waals surface area contributed by atoms with Crippen molar-refractivity contribution in [3.05, 3.63) is 7.43 Å². The summed E-state index contributed by atoms with van der Waals surface area (Å²) in [7, 11) is 0. The van der Waals surface area contributed by atoms with Crippen LogP contribution in [0.2, 0.25) is 0 Å². The third-order valence-electron chi connectivity index (χ3n) is 0.718. The Balaban J connectivity index is 0. The zero-order valence-corrected chi connectivity index (χ0v) is 7.48. The van der Waals surface area contributed by atoms with Gasteiger partial charge in [-0.1, -0.05) is 13.3 Å². The fourth-order valence-electron chi connectivity index (χ4n) is 0.300. The highest BCUT2D eigenvalue weighted by molar-refractivity contribution is 7.99. The third-order valence-corrected chi connectivity index (χ3v) is 0.954. The van der Waals surface area contributed by atoms with E-state index >= 15 is 0 Å². The smallest absolute Gasteiger partial charge is 0.0858 e. The van der Waals surface area contributed by atoms with Crippen LogP contribution in [-0.2, 0) is 17.4 Å². The number of ether oxygens (including phenoxy) is 1. The molecule has 0 fully saturated rings. The predicted molar refractivity (Wildman–Crippen MR) is 47.2 cm³/mol. The molecule has 0 rings (SSSR count). The summed E-state index contributed by atoms with van der Waals surface area (Å²) in [6.45, 7) is 2.77. The summed E-state index contributed by atoms with van der Waals surface area (Å²) in [5.74, 6) is 0. The molecule has 0 bridgehead atoms. The molecule has 0 aliphatic heterocycles. The first-order chi connectivity index (χ1) is 3.77. The molecular weight excluding hydrogens is 152 g/mol. The van der Waals surface area contributed by atoms with Gasteiger partial charge < -0.3 is 29.6 Å². The number of hydrogen-bond donors (Lipinski definition) is 0. The Morgan fingerprint density at radius 2 is 2.22 bits per heavy atom. The van der Waals surface area contributed by atoms with Crippen molar-refractivity contribution in [2.45, 2.75) is 19.8 Å². The second kappa shape index (κ2) is 7.98. The Kier molecular flexibility index (Phi) is 10.4. The van der Waals surface area contributed by atoms with Crippen LogP contribution in [0.3, 0.4) is 0 Å². The van der Waals surface area contributed by atoms with Crippen LogP contribution in [-0.4, -0.2) is 11.0 Å². The van der Waals surface area contributed by atoms with Crippen molar-refractivity contribution in [3.8, 4) is 0 Å². The molecule has 0 spiro atoms. The van der Waals surface area contributed by atoms with Gasteiger partial charge in [-0.25, -0.2) is 0 Å². The van der Waals surface area contributed by atoms with E-state index in [0.717, 1.165) is 12.8 Å². The molecule has 0 aliphatic rings. The van der Waals surface area contributed by atoms with Crippen LogP contribution in [0.1, 0.15) is 19.8 Å². The molecule has 0 N–H and O–H groups in total. The molecule has 54 valence electrons. The molecule has 1 nitrogen and oxygen atoms in total. The lowest BCUT2D eigenvalue weighted by Crippen LogP contribution is -1.97. The average molecular weight is 164 g/mol. The van der Waals surface area contributed by atoms with E-state index in [2.05, 4.69) is 31.8 Å². The minimum Gasteiger partial charge on any atom is -0.514 e. The molecule has 0 aliphatic carbocycles. The van der Waals surface area contributed by atoms with Crippen LogP contribution in [0.4, 0.5) is 0 Å². The van der Waals surface area contributed by atoms with Gasteiger partial charge >= 0.3 is 0 Å². The van der Waals surface area contributed by atoms with E-state index in [-0.39, 0.29) is 11.8 Å². The summed E-state index contributed by atoms with van der Waals surface area (Å²) in [6.07, 6.45) is 2.16. The number of hydrogen-bond acceptors (Lipinski definition) is 3. The predicted octanol–water partition coefficient (Wildman–Crippen LogP) is 2.09.